The van der Waals surface area contributed by atoms with Crippen LogP contribution in [-0.2, 0) is 10.9 Å². The maximum Gasteiger partial charge on any atom is 0.416 e. The van der Waals surface area contributed by atoms with Crippen molar-refractivity contribution < 1.29 is 27.9 Å². The number of carbonyl (C=O) groups is 1. The zero-order valence-electron chi connectivity index (χ0n) is 18.6. The van der Waals surface area contributed by atoms with Gasteiger partial charge in [0.05, 0.1) is 23.7 Å². The molecule has 2 aromatic carbocycles. The molecule has 5 N–H and O–H groups in total. The standard InChI is InChI=1S/C23H23F3N6O3/c1-12-18(35-19(33)14-7-9-15(10-8-14)23(24,25)26)17(13-5-3-2-4-6-13)31-20(27)29-11-16-22(12,31)32(34)21(28)30-16/h2-10,12,16-18,34H,11H2,1H3,(H2,27,29)(H2,28,30)/t12?,16?,17?,18-,22?/m1/s1. The maximum atomic E-state index is 13.1. The molecule has 5 atom stereocenters. The van der Waals surface area contributed by atoms with Gasteiger partial charge in [0, 0.05) is 5.92 Å². The summed E-state index contributed by atoms with van der Waals surface area (Å²) in [5, 5.41) is 11.9. The number of aliphatic imine (C=N–C) groups is 2. The predicted molar refractivity (Wildman–Crippen MR) is 119 cm³/mol. The SMILES string of the molecule is CC1[C@@H](OC(=O)c2ccc(C(F)(F)F)cc2)C(c2ccccc2)N2C(N)=NCC3N=C(N)N(O)C312. The van der Waals surface area contributed by atoms with E-state index >= 15 is 0 Å². The van der Waals surface area contributed by atoms with Gasteiger partial charge in [-0.3, -0.25) is 10.2 Å². The number of nitrogens with zero attached hydrogens (tertiary/aromatic N) is 4. The van der Waals surface area contributed by atoms with Crippen molar-refractivity contribution in [3.8, 4) is 0 Å². The van der Waals surface area contributed by atoms with Gasteiger partial charge in [0.1, 0.15) is 12.1 Å². The van der Waals surface area contributed by atoms with Gasteiger partial charge in [0.2, 0.25) is 5.96 Å². The van der Waals surface area contributed by atoms with Crippen LogP contribution in [0, 0.1) is 5.92 Å². The van der Waals surface area contributed by atoms with Crippen LogP contribution in [0.3, 0.4) is 0 Å². The van der Waals surface area contributed by atoms with Gasteiger partial charge in [-0.2, -0.15) is 18.2 Å². The second-order valence-electron chi connectivity index (χ2n) is 8.76. The number of ether oxygens (including phenoxy) is 1. The van der Waals surface area contributed by atoms with Gasteiger partial charge in [0.25, 0.3) is 0 Å². The van der Waals surface area contributed by atoms with Crippen LogP contribution < -0.4 is 11.5 Å². The molecule has 1 fully saturated rings. The molecule has 3 aliphatic rings. The molecule has 3 heterocycles. The third-order valence-corrected chi connectivity index (χ3v) is 6.98. The zero-order chi connectivity index (χ0) is 25.1. The first kappa shape index (κ1) is 23.0. The number of esters is 1. The highest BCUT2D eigenvalue weighted by Crippen LogP contribution is 2.54. The van der Waals surface area contributed by atoms with E-state index in [1.165, 1.54) is 0 Å². The van der Waals surface area contributed by atoms with E-state index in [1.54, 1.807) is 11.8 Å². The van der Waals surface area contributed by atoms with Crippen molar-refractivity contribution in [2.24, 2.45) is 27.4 Å². The average molecular weight is 488 g/mol. The van der Waals surface area contributed by atoms with Gasteiger partial charge in [-0.15, -0.1) is 0 Å². The lowest BCUT2D eigenvalue weighted by Crippen LogP contribution is -2.69. The van der Waals surface area contributed by atoms with Crippen LogP contribution in [0.15, 0.2) is 64.6 Å². The van der Waals surface area contributed by atoms with E-state index in [2.05, 4.69) is 9.98 Å². The number of rotatable bonds is 3. The van der Waals surface area contributed by atoms with Crippen LogP contribution in [0.4, 0.5) is 13.2 Å². The molecule has 12 heteroatoms. The van der Waals surface area contributed by atoms with Gasteiger partial charge in [-0.1, -0.05) is 37.3 Å². The Kier molecular flexibility index (Phi) is 5.16. The Balaban J connectivity index is 1.56. The van der Waals surface area contributed by atoms with Gasteiger partial charge < -0.3 is 21.1 Å². The molecule has 35 heavy (non-hydrogen) atoms. The Hall–Kier alpha value is -3.80. The number of hydrogen-bond donors (Lipinski definition) is 3. The molecule has 184 valence electrons. The van der Waals surface area contributed by atoms with Gasteiger partial charge in [-0.05, 0) is 29.8 Å². The monoisotopic (exact) mass is 488 g/mol. The van der Waals surface area contributed by atoms with Gasteiger partial charge in [0.15, 0.2) is 11.6 Å². The quantitative estimate of drug-likeness (QED) is 0.566. The first-order chi connectivity index (χ1) is 16.6. The van der Waals surface area contributed by atoms with Crippen LogP contribution in [0.2, 0.25) is 0 Å². The van der Waals surface area contributed by atoms with Crippen LogP contribution in [0.25, 0.3) is 0 Å². The normalized spacial score (nSPS) is 29.9. The first-order valence-corrected chi connectivity index (χ1v) is 10.9. The lowest BCUT2D eigenvalue weighted by atomic mass is 9.85. The Morgan fingerprint density at radius 3 is 2.40 bits per heavy atom. The third-order valence-electron chi connectivity index (χ3n) is 6.98. The second-order valence-corrected chi connectivity index (χ2v) is 8.76. The van der Waals surface area contributed by atoms with Crippen molar-refractivity contribution in [2.45, 2.75) is 37.0 Å². The van der Waals surface area contributed by atoms with E-state index in [1.807, 2.05) is 30.3 Å². The van der Waals surface area contributed by atoms with E-state index in [9.17, 15) is 23.2 Å². The third kappa shape index (κ3) is 3.31. The summed E-state index contributed by atoms with van der Waals surface area (Å²) in [7, 11) is 0. The molecule has 2 aromatic rings. The number of halogens is 3. The van der Waals surface area contributed by atoms with E-state index in [0.717, 1.165) is 34.9 Å². The van der Waals surface area contributed by atoms with Crippen molar-refractivity contribution in [2.75, 3.05) is 6.54 Å². The number of benzene rings is 2. The van der Waals surface area contributed by atoms with Crippen LogP contribution in [0.1, 0.15) is 34.5 Å². The summed E-state index contributed by atoms with van der Waals surface area (Å²) >= 11 is 0. The van der Waals surface area contributed by atoms with E-state index < -0.39 is 47.5 Å². The minimum absolute atomic E-state index is 0.0411. The van der Waals surface area contributed by atoms with Crippen molar-refractivity contribution in [1.82, 2.24) is 9.96 Å². The van der Waals surface area contributed by atoms with Crippen LogP contribution in [-0.4, -0.2) is 57.4 Å². The Morgan fingerprint density at radius 1 is 1.11 bits per heavy atom. The number of hydroxylamine groups is 2. The fourth-order valence-electron chi connectivity index (χ4n) is 5.40. The number of carbonyl (C=O) groups excluding carboxylic acids is 1. The molecule has 0 saturated carbocycles. The Labute approximate surface area is 198 Å². The summed E-state index contributed by atoms with van der Waals surface area (Å²) in [5.74, 6) is -1.38. The van der Waals surface area contributed by atoms with Crippen molar-refractivity contribution >= 4 is 17.9 Å². The summed E-state index contributed by atoms with van der Waals surface area (Å²) in [4.78, 5) is 23.5. The number of nitrogens with two attached hydrogens (primary N) is 2. The van der Waals surface area contributed by atoms with E-state index in [-0.39, 0.29) is 24.0 Å². The number of guanidine groups is 2. The van der Waals surface area contributed by atoms with E-state index in [4.69, 9.17) is 16.2 Å². The highest BCUT2D eigenvalue weighted by molar-refractivity contribution is 5.90. The van der Waals surface area contributed by atoms with E-state index in [0.29, 0.717) is 0 Å². The molecule has 0 amide bonds. The highest BCUT2D eigenvalue weighted by atomic mass is 19.4. The lowest BCUT2D eigenvalue weighted by molar-refractivity contribution is -0.168. The molecule has 3 aliphatic heterocycles. The topological polar surface area (TPSA) is 130 Å². The fraction of sp³-hybridized carbons (Fsp3) is 0.348. The summed E-state index contributed by atoms with van der Waals surface area (Å²) in [6.45, 7) is 1.95. The van der Waals surface area contributed by atoms with Crippen LogP contribution in [0.5, 0.6) is 0 Å². The summed E-state index contributed by atoms with van der Waals surface area (Å²) < 4.78 is 44.8. The molecule has 1 spiro atoms. The molecule has 9 nitrogen and oxygen atoms in total. The highest BCUT2D eigenvalue weighted by Gasteiger charge is 2.70. The Bertz CT molecular complexity index is 1200. The summed E-state index contributed by atoms with van der Waals surface area (Å²) in [6, 6.07) is 11.6. The van der Waals surface area contributed by atoms with Gasteiger partial charge in [-0.25, -0.2) is 9.79 Å². The summed E-state index contributed by atoms with van der Waals surface area (Å²) in [6.07, 6.45) is -5.40. The molecule has 4 unspecified atom stereocenters. The molecule has 1 saturated heterocycles. The van der Waals surface area contributed by atoms with Gasteiger partial charge >= 0.3 is 12.1 Å². The van der Waals surface area contributed by atoms with Crippen molar-refractivity contribution in [3.63, 3.8) is 0 Å². The molecule has 0 aliphatic carbocycles. The largest absolute Gasteiger partial charge is 0.456 e. The number of alkyl halides is 3. The fourth-order valence-corrected chi connectivity index (χ4v) is 5.40. The maximum absolute atomic E-state index is 13.1. The summed E-state index contributed by atoms with van der Waals surface area (Å²) in [5.41, 5.74) is 10.9. The first-order valence-electron chi connectivity index (χ1n) is 10.9. The second kappa shape index (κ2) is 7.87. The smallest absolute Gasteiger partial charge is 0.416 e. The van der Waals surface area contributed by atoms with Crippen molar-refractivity contribution in [3.05, 3.63) is 71.3 Å². The lowest BCUT2D eigenvalue weighted by Gasteiger charge is -2.48. The average Bonchev–Trinajstić information content (AvgIpc) is 3.25. The molecule has 0 radical (unpaired) electrons. The Morgan fingerprint density at radius 2 is 1.77 bits per heavy atom. The minimum Gasteiger partial charge on any atom is -0.456 e. The minimum atomic E-state index is -4.53. The van der Waals surface area contributed by atoms with Crippen molar-refractivity contribution in [1.29, 1.82) is 0 Å². The molecule has 5 rings (SSSR count). The number of hydrogen-bond acceptors (Lipinski definition) is 9. The molecule has 0 aromatic heterocycles. The zero-order valence-corrected chi connectivity index (χ0v) is 18.6. The predicted octanol–water partition coefficient (Wildman–Crippen LogP) is 2.34. The molecular formula is C23H23F3N6O3. The molecular weight excluding hydrogens is 465 g/mol. The van der Waals surface area contributed by atoms with Crippen LogP contribution >= 0.6 is 0 Å². The molecule has 0 bridgehead atoms.